The Morgan fingerprint density at radius 1 is 1.22 bits per heavy atom. The van der Waals surface area contributed by atoms with Crippen LogP contribution in [0.5, 0.6) is 0 Å². The average Bonchev–Trinajstić information content (AvgIpc) is 3.06. The summed E-state index contributed by atoms with van der Waals surface area (Å²) in [5.74, 6) is -0.731. The van der Waals surface area contributed by atoms with Gasteiger partial charge in [-0.1, -0.05) is 0 Å². The number of halogens is 4. The number of fused-ring (bicyclic) bond motifs is 1. The molecule has 3 aliphatic rings. The molecule has 0 aromatic carbocycles. The first-order valence-corrected chi connectivity index (χ1v) is 7.63. The fourth-order valence-electron chi connectivity index (χ4n) is 4.05. The number of likely N-dealkylation sites (tertiary alicyclic amines) is 2. The Balaban J connectivity index is 0.00000192. The molecule has 4 unspecified atom stereocenters. The lowest BCUT2D eigenvalue weighted by Gasteiger charge is -2.22. The standard InChI is InChI=1S/C14H20F3N3O2.ClH/c15-14(16,17)7-20-5-9(3-12(20)21)13(22)19-4-8-1-2-11(18)10(8)6-19;/h8-11H,1-7,18H2;1H. The van der Waals surface area contributed by atoms with E-state index in [1.165, 1.54) is 0 Å². The van der Waals surface area contributed by atoms with Crippen LogP contribution in [0.15, 0.2) is 0 Å². The predicted octanol–water partition coefficient (Wildman–Crippen LogP) is 1.01. The summed E-state index contributed by atoms with van der Waals surface area (Å²) in [6.45, 7) is -0.198. The molecule has 132 valence electrons. The van der Waals surface area contributed by atoms with Gasteiger partial charge in [-0.05, 0) is 24.7 Å². The molecule has 0 spiro atoms. The van der Waals surface area contributed by atoms with Gasteiger partial charge >= 0.3 is 6.18 Å². The number of carbonyl (C=O) groups excluding carboxylic acids is 2. The second-order valence-corrected chi connectivity index (χ2v) is 6.70. The van der Waals surface area contributed by atoms with Crippen molar-refractivity contribution in [1.29, 1.82) is 0 Å². The molecule has 2 saturated heterocycles. The van der Waals surface area contributed by atoms with E-state index in [2.05, 4.69) is 0 Å². The number of hydrogen-bond donors (Lipinski definition) is 1. The van der Waals surface area contributed by atoms with Crippen LogP contribution in [0.4, 0.5) is 13.2 Å². The first-order chi connectivity index (χ1) is 10.2. The Bertz CT molecular complexity index is 488. The van der Waals surface area contributed by atoms with Crippen LogP contribution < -0.4 is 5.73 Å². The molecule has 3 rings (SSSR count). The second kappa shape index (κ2) is 6.47. The van der Waals surface area contributed by atoms with Gasteiger partial charge in [0.15, 0.2) is 0 Å². The molecule has 2 amide bonds. The third-order valence-electron chi connectivity index (χ3n) is 5.16. The minimum absolute atomic E-state index is 0. The summed E-state index contributed by atoms with van der Waals surface area (Å²) in [6, 6.07) is 0.106. The van der Waals surface area contributed by atoms with Gasteiger partial charge in [0.2, 0.25) is 11.8 Å². The summed E-state index contributed by atoms with van der Waals surface area (Å²) in [5, 5.41) is 0. The third-order valence-corrected chi connectivity index (χ3v) is 5.16. The molecule has 1 aliphatic carbocycles. The number of rotatable bonds is 2. The summed E-state index contributed by atoms with van der Waals surface area (Å²) < 4.78 is 37.2. The minimum atomic E-state index is -4.43. The molecule has 5 nitrogen and oxygen atoms in total. The maximum atomic E-state index is 12.5. The van der Waals surface area contributed by atoms with Gasteiger partial charge in [-0.15, -0.1) is 12.4 Å². The quantitative estimate of drug-likeness (QED) is 0.804. The van der Waals surface area contributed by atoms with Gasteiger partial charge in [0, 0.05) is 32.1 Å². The lowest BCUT2D eigenvalue weighted by Crippen LogP contribution is -2.39. The van der Waals surface area contributed by atoms with Crippen molar-refractivity contribution in [3.8, 4) is 0 Å². The van der Waals surface area contributed by atoms with E-state index in [1.807, 2.05) is 0 Å². The van der Waals surface area contributed by atoms with Crippen molar-refractivity contribution in [3.63, 3.8) is 0 Å². The second-order valence-electron chi connectivity index (χ2n) is 6.70. The fraction of sp³-hybridized carbons (Fsp3) is 0.857. The van der Waals surface area contributed by atoms with Gasteiger partial charge in [0.25, 0.3) is 0 Å². The number of nitrogens with two attached hydrogens (primary N) is 1. The van der Waals surface area contributed by atoms with Gasteiger partial charge in [0.1, 0.15) is 6.54 Å². The van der Waals surface area contributed by atoms with Crippen LogP contribution >= 0.6 is 12.4 Å². The van der Waals surface area contributed by atoms with Crippen LogP contribution in [-0.2, 0) is 9.59 Å². The summed E-state index contributed by atoms with van der Waals surface area (Å²) in [6.07, 6.45) is -2.57. The monoisotopic (exact) mass is 355 g/mol. The maximum Gasteiger partial charge on any atom is 0.406 e. The van der Waals surface area contributed by atoms with E-state index in [0.717, 1.165) is 17.7 Å². The summed E-state index contributed by atoms with van der Waals surface area (Å²) in [7, 11) is 0. The number of hydrogen-bond acceptors (Lipinski definition) is 3. The molecule has 23 heavy (non-hydrogen) atoms. The molecule has 0 bridgehead atoms. The molecule has 0 radical (unpaired) electrons. The molecular formula is C14H21ClF3N3O2. The zero-order chi connectivity index (χ0) is 16.1. The van der Waals surface area contributed by atoms with Crippen molar-refractivity contribution >= 4 is 24.2 Å². The Kier molecular flexibility index (Phi) is 5.15. The van der Waals surface area contributed by atoms with E-state index < -0.39 is 24.5 Å². The zero-order valence-corrected chi connectivity index (χ0v) is 13.4. The predicted molar refractivity (Wildman–Crippen MR) is 78.8 cm³/mol. The fourth-order valence-corrected chi connectivity index (χ4v) is 4.05. The van der Waals surface area contributed by atoms with E-state index in [4.69, 9.17) is 5.73 Å². The van der Waals surface area contributed by atoms with Crippen LogP contribution in [-0.4, -0.2) is 60.0 Å². The Morgan fingerprint density at radius 3 is 2.52 bits per heavy atom. The Labute approximate surface area is 138 Å². The molecule has 2 N–H and O–H groups in total. The van der Waals surface area contributed by atoms with Crippen LogP contribution in [0.25, 0.3) is 0 Å². The number of nitrogens with zero attached hydrogens (tertiary/aromatic N) is 2. The van der Waals surface area contributed by atoms with Crippen molar-refractivity contribution in [1.82, 2.24) is 9.80 Å². The molecule has 2 aliphatic heterocycles. The molecule has 1 saturated carbocycles. The third kappa shape index (κ3) is 3.74. The van der Waals surface area contributed by atoms with Gasteiger partial charge in [0.05, 0.1) is 5.92 Å². The van der Waals surface area contributed by atoms with Gasteiger partial charge in [-0.3, -0.25) is 9.59 Å². The van der Waals surface area contributed by atoms with Crippen molar-refractivity contribution < 1.29 is 22.8 Å². The van der Waals surface area contributed by atoms with Crippen molar-refractivity contribution in [2.24, 2.45) is 23.5 Å². The SMILES string of the molecule is Cl.NC1CCC2CN(C(=O)C3CC(=O)N(CC(F)(F)F)C3)CC12. The molecule has 2 heterocycles. The number of carbonyl (C=O) groups is 2. The highest BCUT2D eigenvalue weighted by molar-refractivity contribution is 5.89. The van der Waals surface area contributed by atoms with Crippen LogP contribution in [0.2, 0.25) is 0 Å². The summed E-state index contributed by atoms with van der Waals surface area (Å²) >= 11 is 0. The van der Waals surface area contributed by atoms with Gasteiger partial charge in [-0.2, -0.15) is 13.2 Å². The van der Waals surface area contributed by atoms with E-state index in [0.29, 0.717) is 24.9 Å². The first kappa shape index (κ1) is 18.3. The smallest absolute Gasteiger partial charge is 0.342 e. The number of alkyl halides is 3. The van der Waals surface area contributed by atoms with Crippen molar-refractivity contribution in [3.05, 3.63) is 0 Å². The zero-order valence-electron chi connectivity index (χ0n) is 12.6. The highest BCUT2D eigenvalue weighted by Gasteiger charge is 2.46. The molecule has 3 fully saturated rings. The minimum Gasteiger partial charge on any atom is -0.342 e. The Morgan fingerprint density at radius 2 is 1.91 bits per heavy atom. The first-order valence-electron chi connectivity index (χ1n) is 7.63. The topological polar surface area (TPSA) is 66.6 Å². The highest BCUT2D eigenvalue weighted by atomic mass is 35.5. The molecular weight excluding hydrogens is 335 g/mol. The van der Waals surface area contributed by atoms with E-state index >= 15 is 0 Å². The lowest BCUT2D eigenvalue weighted by atomic mass is 9.98. The highest BCUT2D eigenvalue weighted by Crippen LogP contribution is 2.38. The molecule has 0 aromatic heterocycles. The van der Waals surface area contributed by atoms with Crippen LogP contribution in [0.1, 0.15) is 19.3 Å². The van der Waals surface area contributed by atoms with Crippen molar-refractivity contribution in [2.75, 3.05) is 26.2 Å². The van der Waals surface area contributed by atoms with Crippen molar-refractivity contribution in [2.45, 2.75) is 31.5 Å². The maximum absolute atomic E-state index is 12.5. The van der Waals surface area contributed by atoms with E-state index in [9.17, 15) is 22.8 Å². The lowest BCUT2D eigenvalue weighted by molar-refractivity contribution is -0.157. The number of amides is 2. The Hall–Kier alpha value is -1.02. The van der Waals surface area contributed by atoms with Crippen LogP contribution in [0.3, 0.4) is 0 Å². The largest absolute Gasteiger partial charge is 0.406 e. The van der Waals surface area contributed by atoms with E-state index in [-0.39, 0.29) is 37.3 Å². The van der Waals surface area contributed by atoms with Gasteiger partial charge in [-0.25, -0.2) is 0 Å². The molecule has 9 heteroatoms. The average molecular weight is 356 g/mol. The van der Waals surface area contributed by atoms with Gasteiger partial charge < -0.3 is 15.5 Å². The summed E-state index contributed by atoms with van der Waals surface area (Å²) in [5.41, 5.74) is 6.02. The molecule has 4 atom stereocenters. The van der Waals surface area contributed by atoms with E-state index in [1.54, 1.807) is 4.90 Å². The summed E-state index contributed by atoms with van der Waals surface area (Å²) in [4.78, 5) is 26.6. The van der Waals surface area contributed by atoms with Crippen LogP contribution in [0, 0.1) is 17.8 Å². The normalized spacial score (nSPS) is 33.8. The molecule has 0 aromatic rings.